The number of ketones is 1. The van der Waals surface area contributed by atoms with E-state index in [2.05, 4.69) is 0 Å². The number of carbonyl (C=O) groups is 1. The van der Waals surface area contributed by atoms with Crippen LogP contribution in [-0.4, -0.2) is 5.78 Å². The lowest BCUT2D eigenvalue weighted by Crippen LogP contribution is -2.15. The van der Waals surface area contributed by atoms with Gasteiger partial charge in [-0.05, 0) is 36.8 Å². The minimum absolute atomic E-state index is 0.0203. The van der Waals surface area contributed by atoms with Crippen molar-refractivity contribution in [3.63, 3.8) is 0 Å². The van der Waals surface area contributed by atoms with Gasteiger partial charge >= 0.3 is 0 Å². The Bertz CT molecular complexity index is 489. The van der Waals surface area contributed by atoms with E-state index in [0.29, 0.717) is 12.8 Å². The van der Waals surface area contributed by atoms with Crippen molar-refractivity contribution in [3.05, 3.63) is 34.4 Å². The first-order valence-corrected chi connectivity index (χ1v) is 5.82. The molecule has 0 radical (unpaired) electrons. The van der Waals surface area contributed by atoms with Crippen LogP contribution < -0.4 is 0 Å². The minimum atomic E-state index is -0.552. The number of hydrogen-bond donors (Lipinski definition) is 0. The van der Waals surface area contributed by atoms with E-state index >= 15 is 0 Å². The normalized spacial score (nSPS) is 18.8. The summed E-state index contributed by atoms with van der Waals surface area (Å²) in [5.41, 5.74) is 0.245. The molecule has 1 aliphatic carbocycles. The van der Waals surface area contributed by atoms with Crippen LogP contribution in [0.5, 0.6) is 0 Å². The Labute approximate surface area is 99.8 Å². The van der Waals surface area contributed by atoms with Crippen molar-refractivity contribution < 1.29 is 13.6 Å². The van der Waals surface area contributed by atoms with Gasteiger partial charge in [-0.15, -0.1) is 0 Å². The molecule has 0 amide bonds. The van der Waals surface area contributed by atoms with Crippen molar-refractivity contribution in [1.29, 1.82) is 0 Å². The van der Waals surface area contributed by atoms with E-state index in [1.54, 1.807) is 0 Å². The predicted molar refractivity (Wildman–Crippen MR) is 62.1 cm³/mol. The summed E-state index contributed by atoms with van der Waals surface area (Å²) in [4.78, 5) is 12.0. The molecule has 0 N–H and O–H groups in total. The van der Waals surface area contributed by atoms with E-state index in [1.165, 1.54) is 13.0 Å². The second kappa shape index (κ2) is 3.90. The van der Waals surface area contributed by atoms with Gasteiger partial charge in [-0.2, -0.15) is 0 Å². The van der Waals surface area contributed by atoms with Crippen LogP contribution in [0.1, 0.15) is 48.2 Å². The average molecular weight is 238 g/mol. The van der Waals surface area contributed by atoms with Crippen LogP contribution in [0.4, 0.5) is 8.78 Å². The smallest absolute Gasteiger partial charge is 0.166 e. The summed E-state index contributed by atoms with van der Waals surface area (Å²) in [6.45, 7) is 5.40. The van der Waals surface area contributed by atoms with Crippen LogP contribution in [-0.2, 0) is 6.42 Å². The molecule has 92 valence electrons. The van der Waals surface area contributed by atoms with Gasteiger partial charge in [0.15, 0.2) is 5.78 Å². The van der Waals surface area contributed by atoms with Crippen molar-refractivity contribution in [3.8, 4) is 0 Å². The lowest BCUT2D eigenvalue weighted by Gasteiger charge is -2.20. The number of benzene rings is 1. The second-order valence-electron chi connectivity index (χ2n) is 5.61. The van der Waals surface area contributed by atoms with E-state index in [1.807, 2.05) is 13.8 Å². The van der Waals surface area contributed by atoms with Gasteiger partial charge in [-0.1, -0.05) is 13.8 Å². The maximum Gasteiger partial charge on any atom is 0.166 e. The van der Waals surface area contributed by atoms with Gasteiger partial charge in [0.05, 0.1) is 5.56 Å². The zero-order valence-corrected chi connectivity index (χ0v) is 10.4. The molecule has 0 unspecified atom stereocenters. The molecule has 0 bridgehead atoms. The van der Waals surface area contributed by atoms with Gasteiger partial charge in [0.25, 0.3) is 0 Å². The minimum Gasteiger partial charge on any atom is -0.294 e. The highest BCUT2D eigenvalue weighted by atomic mass is 19.1. The van der Waals surface area contributed by atoms with Crippen molar-refractivity contribution in [2.24, 2.45) is 5.41 Å². The molecule has 0 aromatic heterocycles. The van der Waals surface area contributed by atoms with Crippen molar-refractivity contribution in [2.75, 3.05) is 0 Å². The Kier molecular flexibility index (Phi) is 2.80. The monoisotopic (exact) mass is 238 g/mol. The van der Waals surface area contributed by atoms with Gasteiger partial charge < -0.3 is 0 Å². The molecule has 17 heavy (non-hydrogen) atoms. The number of aryl methyl sites for hydroxylation is 1. The summed E-state index contributed by atoms with van der Waals surface area (Å²) in [6.07, 6.45) is 1.40. The average Bonchev–Trinajstić information content (AvgIpc) is 2.31. The molecule has 0 saturated heterocycles. The lowest BCUT2D eigenvalue weighted by molar-refractivity contribution is 0.0930. The Hall–Kier alpha value is -1.25. The quantitative estimate of drug-likeness (QED) is 0.628. The van der Waals surface area contributed by atoms with Crippen LogP contribution in [0.25, 0.3) is 0 Å². The van der Waals surface area contributed by atoms with Crippen LogP contribution in [0, 0.1) is 24.0 Å². The molecule has 0 atom stereocenters. The van der Waals surface area contributed by atoms with Crippen LogP contribution in [0.15, 0.2) is 6.07 Å². The number of hydrogen-bond acceptors (Lipinski definition) is 1. The molecule has 0 saturated carbocycles. The molecular formula is C14H16F2O. The third-order valence-electron chi connectivity index (χ3n) is 3.47. The predicted octanol–water partition coefficient (Wildman–Crippen LogP) is 3.82. The first-order chi connectivity index (χ1) is 7.82. The fourth-order valence-electron chi connectivity index (χ4n) is 2.40. The van der Waals surface area contributed by atoms with Crippen LogP contribution in [0.3, 0.4) is 0 Å². The van der Waals surface area contributed by atoms with Gasteiger partial charge in [-0.3, -0.25) is 4.79 Å². The number of Topliss-reactive ketones (excluding diaryl/α,β-unsaturated/α-hetero) is 1. The summed E-state index contributed by atoms with van der Waals surface area (Å²) in [5, 5.41) is 0. The number of halogens is 2. The first-order valence-electron chi connectivity index (χ1n) is 5.82. The summed E-state index contributed by atoms with van der Waals surface area (Å²) >= 11 is 0. The number of carbonyl (C=O) groups excluding carboxylic acids is 1. The molecule has 0 fully saturated rings. The summed E-state index contributed by atoms with van der Waals surface area (Å²) in [5.74, 6) is -1.28. The van der Waals surface area contributed by atoms with Gasteiger partial charge in [0.1, 0.15) is 11.6 Å². The highest BCUT2D eigenvalue weighted by Crippen LogP contribution is 2.36. The lowest BCUT2D eigenvalue weighted by atomic mass is 9.84. The molecule has 1 aromatic carbocycles. The standard InChI is InChI=1S/C14H16F2O/c1-8-6-10(15)9-4-5-14(2,3)7-11(17)12(9)13(8)16/h6H,4-5,7H2,1-3H3. The fourth-order valence-corrected chi connectivity index (χ4v) is 2.40. The van der Waals surface area contributed by atoms with E-state index in [9.17, 15) is 13.6 Å². The molecular weight excluding hydrogens is 222 g/mol. The maximum absolute atomic E-state index is 14.0. The molecule has 1 aromatic rings. The molecule has 0 spiro atoms. The van der Waals surface area contributed by atoms with Crippen molar-refractivity contribution in [2.45, 2.75) is 40.0 Å². The molecule has 1 nitrogen and oxygen atoms in total. The molecule has 3 heteroatoms. The Morgan fingerprint density at radius 1 is 1.29 bits per heavy atom. The highest BCUT2D eigenvalue weighted by molar-refractivity contribution is 5.98. The molecule has 0 aliphatic heterocycles. The van der Waals surface area contributed by atoms with E-state index < -0.39 is 11.6 Å². The number of fused-ring (bicyclic) bond motifs is 1. The van der Waals surface area contributed by atoms with Crippen LogP contribution >= 0.6 is 0 Å². The molecule has 1 aliphatic rings. The van der Waals surface area contributed by atoms with Gasteiger partial charge in [0, 0.05) is 12.0 Å². The van der Waals surface area contributed by atoms with Crippen LogP contribution in [0.2, 0.25) is 0 Å². The van der Waals surface area contributed by atoms with E-state index in [-0.39, 0.29) is 34.3 Å². The molecule has 0 heterocycles. The Morgan fingerprint density at radius 3 is 2.59 bits per heavy atom. The second-order valence-corrected chi connectivity index (χ2v) is 5.61. The van der Waals surface area contributed by atoms with E-state index in [0.717, 1.165) is 0 Å². The Morgan fingerprint density at radius 2 is 1.94 bits per heavy atom. The molecule has 2 rings (SSSR count). The Balaban J connectivity index is 2.63. The first kappa shape index (κ1) is 12.2. The largest absolute Gasteiger partial charge is 0.294 e. The highest BCUT2D eigenvalue weighted by Gasteiger charge is 2.32. The number of rotatable bonds is 0. The fraction of sp³-hybridized carbons (Fsp3) is 0.500. The van der Waals surface area contributed by atoms with Crippen molar-refractivity contribution in [1.82, 2.24) is 0 Å². The topological polar surface area (TPSA) is 17.1 Å². The summed E-state index contributed by atoms with van der Waals surface area (Å²) in [6, 6.07) is 1.18. The zero-order valence-electron chi connectivity index (χ0n) is 10.4. The van der Waals surface area contributed by atoms with Gasteiger partial charge in [-0.25, -0.2) is 8.78 Å². The SMILES string of the molecule is Cc1cc(F)c2c(c1F)C(=O)CC(C)(C)CC2. The van der Waals surface area contributed by atoms with Gasteiger partial charge in [0.2, 0.25) is 0 Å². The third kappa shape index (κ3) is 2.11. The van der Waals surface area contributed by atoms with Crippen molar-refractivity contribution >= 4 is 5.78 Å². The zero-order chi connectivity index (χ0) is 12.8. The summed E-state index contributed by atoms with van der Waals surface area (Å²) < 4.78 is 27.8. The summed E-state index contributed by atoms with van der Waals surface area (Å²) in [7, 11) is 0. The maximum atomic E-state index is 14.0. The third-order valence-corrected chi connectivity index (χ3v) is 3.47. The van der Waals surface area contributed by atoms with E-state index in [4.69, 9.17) is 0 Å².